The van der Waals surface area contributed by atoms with Gasteiger partial charge in [0.1, 0.15) is 5.75 Å². The van der Waals surface area contributed by atoms with Crippen molar-refractivity contribution in [3.63, 3.8) is 0 Å². The minimum Gasteiger partial charge on any atom is -0.495 e. The monoisotopic (exact) mass is 417 g/mol. The number of rotatable bonds is 6. The Labute approximate surface area is 172 Å². The maximum absolute atomic E-state index is 12.5. The number of hydrogen-bond acceptors (Lipinski definition) is 6. The van der Waals surface area contributed by atoms with Crippen LogP contribution >= 0.6 is 23.4 Å². The highest BCUT2D eigenvalue weighted by Gasteiger charge is 2.21. The molecule has 3 N–H and O–H groups in total. The average Bonchev–Trinajstić information content (AvgIpc) is 3.02. The number of methoxy groups -OCH3 is 1. The average molecular weight is 418 g/mol. The first-order chi connectivity index (χ1) is 13.4. The molecule has 3 aromatic rings. The lowest BCUT2D eigenvalue weighted by atomic mass is 10.1. The summed E-state index contributed by atoms with van der Waals surface area (Å²) in [5, 5.41) is 11.6. The van der Waals surface area contributed by atoms with Gasteiger partial charge in [0.15, 0.2) is 5.82 Å². The number of carbonyl (C=O) groups is 1. The summed E-state index contributed by atoms with van der Waals surface area (Å²) >= 11 is 7.32. The fourth-order valence-electron chi connectivity index (χ4n) is 2.56. The number of aromatic nitrogens is 3. The number of benzene rings is 2. The quantitative estimate of drug-likeness (QED) is 0.468. The molecule has 28 heavy (non-hydrogen) atoms. The molecular weight excluding hydrogens is 398 g/mol. The van der Waals surface area contributed by atoms with Gasteiger partial charge in [-0.25, -0.2) is 4.68 Å². The molecule has 0 saturated heterocycles. The number of hydrogen-bond donors (Lipinski definition) is 2. The van der Waals surface area contributed by atoms with Gasteiger partial charge in [0.25, 0.3) is 0 Å². The maximum atomic E-state index is 12.5. The van der Waals surface area contributed by atoms with Crippen LogP contribution in [0, 0.1) is 6.92 Å². The van der Waals surface area contributed by atoms with Gasteiger partial charge in [-0.3, -0.25) is 4.79 Å². The van der Waals surface area contributed by atoms with Gasteiger partial charge in [0.05, 0.1) is 17.4 Å². The predicted octanol–water partition coefficient (Wildman–Crippen LogP) is 3.75. The number of halogens is 1. The van der Waals surface area contributed by atoms with Crippen molar-refractivity contribution in [3.8, 4) is 17.1 Å². The molecule has 0 aliphatic carbocycles. The molecule has 0 bridgehead atoms. The van der Waals surface area contributed by atoms with Gasteiger partial charge < -0.3 is 15.9 Å². The zero-order chi connectivity index (χ0) is 20.3. The number of nitrogens with two attached hydrogens (primary N) is 1. The summed E-state index contributed by atoms with van der Waals surface area (Å²) in [6, 6.07) is 12.8. The molecule has 7 nitrogen and oxygen atoms in total. The molecule has 1 aromatic heterocycles. The van der Waals surface area contributed by atoms with Crippen molar-refractivity contribution in [2.75, 3.05) is 18.3 Å². The van der Waals surface area contributed by atoms with Crippen LogP contribution in [0.1, 0.15) is 12.5 Å². The number of thioether (sulfide) groups is 1. The van der Waals surface area contributed by atoms with Gasteiger partial charge in [-0.1, -0.05) is 47.6 Å². The Morgan fingerprint density at radius 1 is 1.29 bits per heavy atom. The first-order valence-corrected chi connectivity index (χ1v) is 9.74. The van der Waals surface area contributed by atoms with Gasteiger partial charge in [-0.05, 0) is 37.6 Å². The lowest BCUT2D eigenvalue weighted by Crippen LogP contribution is -2.23. The molecule has 0 spiro atoms. The van der Waals surface area contributed by atoms with E-state index in [4.69, 9.17) is 22.2 Å². The van der Waals surface area contributed by atoms with E-state index in [0.29, 0.717) is 27.4 Å². The van der Waals surface area contributed by atoms with E-state index in [9.17, 15) is 4.79 Å². The second kappa shape index (κ2) is 8.53. The van der Waals surface area contributed by atoms with Crippen molar-refractivity contribution in [1.29, 1.82) is 0 Å². The third kappa shape index (κ3) is 4.23. The van der Waals surface area contributed by atoms with Gasteiger partial charge >= 0.3 is 0 Å². The van der Waals surface area contributed by atoms with Crippen LogP contribution in [-0.4, -0.2) is 33.1 Å². The SMILES string of the molecule is COc1ccc(NC(=O)[C@H](C)Sc2nnc(-c3ccccc3C)n2N)cc1Cl. The Balaban J connectivity index is 1.71. The van der Waals surface area contributed by atoms with E-state index in [1.54, 1.807) is 25.1 Å². The Bertz CT molecular complexity index is 1010. The number of nitrogens with zero attached hydrogens (tertiary/aromatic N) is 3. The molecule has 0 aliphatic heterocycles. The number of carbonyl (C=O) groups excluding carboxylic acids is 1. The van der Waals surface area contributed by atoms with Gasteiger partial charge in [0.2, 0.25) is 11.1 Å². The fourth-order valence-corrected chi connectivity index (χ4v) is 3.59. The second-order valence-electron chi connectivity index (χ2n) is 6.09. The Hall–Kier alpha value is -2.71. The lowest BCUT2D eigenvalue weighted by Gasteiger charge is -2.12. The van der Waals surface area contributed by atoms with Crippen LogP contribution in [0.2, 0.25) is 5.02 Å². The number of aryl methyl sites for hydroxylation is 1. The van der Waals surface area contributed by atoms with E-state index in [1.807, 2.05) is 31.2 Å². The first kappa shape index (κ1) is 20.0. The summed E-state index contributed by atoms with van der Waals surface area (Å²) in [4.78, 5) is 12.5. The second-order valence-corrected chi connectivity index (χ2v) is 7.80. The minimum atomic E-state index is -0.447. The Morgan fingerprint density at radius 2 is 2.04 bits per heavy atom. The standard InChI is InChI=1S/C19H20ClN5O2S/c1-11-6-4-5-7-14(11)17-23-24-19(25(17)21)28-12(2)18(26)22-13-8-9-16(27-3)15(20)10-13/h4-10,12H,21H2,1-3H3,(H,22,26)/t12-/m0/s1. The maximum Gasteiger partial charge on any atom is 0.237 e. The molecule has 1 heterocycles. The highest BCUT2D eigenvalue weighted by Crippen LogP contribution is 2.29. The van der Waals surface area contributed by atoms with Crippen molar-refractivity contribution < 1.29 is 9.53 Å². The van der Waals surface area contributed by atoms with Crippen LogP contribution in [0.3, 0.4) is 0 Å². The van der Waals surface area contributed by atoms with Crippen molar-refractivity contribution in [2.45, 2.75) is 24.3 Å². The summed E-state index contributed by atoms with van der Waals surface area (Å²) < 4.78 is 6.51. The zero-order valence-electron chi connectivity index (χ0n) is 15.6. The molecule has 3 rings (SSSR count). The van der Waals surface area contributed by atoms with E-state index >= 15 is 0 Å². The van der Waals surface area contributed by atoms with Crippen molar-refractivity contribution >= 4 is 35.0 Å². The molecule has 2 aromatic carbocycles. The number of ether oxygens (including phenoxy) is 1. The third-order valence-electron chi connectivity index (χ3n) is 4.12. The Morgan fingerprint density at radius 3 is 2.71 bits per heavy atom. The van der Waals surface area contributed by atoms with Gasteiger partial charge in [-0.15, -0.1) is 10.2 Å². The van der Waals surface area contributed by atoms with Gasteiger partial charge in [0, 0.05) is 11.3 Å². The predicted molar refractivity (Wildman–Crippen MR) is 112 cm³/mol. The molecule has 1 amide bonds. The molecule has 0 radical (unpaired) electrons. The summed E-state index contributed by atoms with van der Waals surface area (Å²) in [7, 11) is 1.53. The summed E-state index contributed by atoms with van der Waals surface area (Å²) in [6.07, 6.45) is 0. The van der Waals surface area contributed by atoms with Gasteiger partial charge in [-0.2, -0.15) is 0 Å². The van der Waals surface area contributed by atoms with E-state index < -0.39 is 5.25 Å². The van der Waals surface area contributed by atoms with Crippen molar-refractivity contribution in [1.82, 2.24) is 14.9 Å². The van der Waals surface area contributed by atoms with Crippen LogP contribution < -0.4 is 15.9 Å². The number of anilines is 1. The van der Waals surface area contributed by atoms with Crippen LogP contribution in [-0.2, 0) is 4.79 Å². The molecule has 0 aliphatic rings. The molecule has 9 heteroatoms. The number of amides is 1. The van der Waals surface area contributed by atoms with Crippen LogP contribution in [0.4, 0.5) is 5.69 Å². The van der Waals surface area contributed by atoms with E-state index in [-0.39, 0.29) is 5.91 Å². The highest BCUT2D eigenvalue weighted by molar-refractivity contribution is 8.00. The summed E-state index contributed by atoms with van der Waals surface area (Å²) in [6.45, 7) is 3.75. The highest BCUT2D eigenvalue weighted by atomic mass is 35.5. The van der Waals surface area contributed by atoms with Crippen LogP contribution in [0.5, 0.6) is 5.75 Å². The Kier molecular flexibility index (Phi) is 6.11. The summed E-state index contributed by atoms with van der Waals surface area (Å²) in [5.41, 5.74) is 2.52. The molecule has 0 fully saturated rings. The topological polar surface area (TPSA) is 95.1 Å². The minimum absolute atomic E-state index is 0.202. The first-order valence-electron chi connectivity index (χ1n) is 8.48. The van der Waals surface area contributed by atoms with E-state index in [1.165, 1.54) is 23.5 Å². The van der Waals surface area contributed by atoms with Crippen LogP contribution in [0.25, 0.3) is 11.4 Å². The molecular formula is C19H20ClN5O2S. The van der Waals surface area contributed by atoms with Crippen molar-refractivity contribution in [3.05, 3.63) is 53.1 Å². The zero-order valence-corrected chi connectivity index (χ0v) is 17.2. The largest absolute Gasteiger partial charge is 0.495 e. The molecule has 146 valence electrons. The normalized spacial score (nSPS) is 11.9. The smallest absolute Gasteiger partial charge is 0.237 e. The third-order valence-corrected chi connectivity index (χ3v) is 5.47. The van der Waals surface area contributed by atoms with Crippen LogP contribution in [0.15, 0.2) is 47.6 Å². The van der Waals surface area contributed by atoms with E-state index in [0.717, 1.165) is 11.1 Å². The lowest BCUT2D eigenvalue weighted by molar-refractivity contribution is -0.115. The molecule has 0 unspecified atom stereocenters. The molecule has 1 atom stereocenters. The van der Waals surface area contributed by atoms with Crippen molar-refractivity contribution in [2.24, 2.45) is 0 Å². The number of nitrogens with one attached hydrogen (secondary N) is 1. The fraction of sp³-hybridized carbons (Fsp3) is 0.211. The van der Waals surface area contributed by atoms with E-state index in [2.05, 4.69) is 15.5 Å². The molecule has 0 saturated carbocycles. The number of nitrogen functional groups attached to an aromatic ring is 1. The summed E-state index contributed by atoms with van der Waals surface area (Å²) in [5.74, 6) is 7.06.